The Morgan fingerprint density at radius 3 is 2.69 bits per heavy atom. The van der Waals surface area contributed by atoms with E-state index in [0.29, 0.717) is 0 Å². The highest BCUT2D eigenvalue weighted by molar-refractivity contribution is 5.66. The third kappa shape index (κ3) is 4.11. The second kappa shape index (κ2) is 5.14. The predicted molar refractivity (Wildman–Crippen MR) is 51.1 cm³/mol. The van der Waals surface area contributed by atoms with Crippen molar-refractivity contribution < 1.29 is 9.53 Å². The molecule has 0 bridgehead atoms. The molecule has 0 atom stereocenters. The summed E-state index contributed by atoms with van der Waals surface area (Å²) in [6, 6.07) is 9.99. The van der Waals surface area contributed by atoms with Crippen LogP contribution < -0.4 is 0 Å². The van der Waals surface area contributed by atoms with Gasteiger partial charge in [-0.25, -0.2) is 0 Å². The molecule has 0 radical (unpaired) electrons. The van der Waals surface area contributed by atoms with Crippen LogP contribution in [0.4, 0.5) is 0 Å². The highest BCUT2D eigenvalue weighted by Gasteiger charge is 1.87. The van der Waals surface area contributed by atoms with E-state index >= 15 is 0 Å². The molecule has 13 heavy (non-hydrogen) atoms. The van der Waals surface area contributed by atoms with E-state index in [1.165, 1.54) is 18.7 Å². The number of carbonyl (C=O) groups excluding carboxylic acids is 1. The first-order chi connectivity index (χ1) is 6.29. The molecule has 0 unspecified atom stereocenters. The summed E-state index contributed by atoms with van der Waals surface area (Å²) in [5.41, 5.74) is 1.20. The second-order valence-electron chi connectivity index (χ2n) is 2.67. The lowest BCUT2D eigenvalue weighted by atomic mass is 10.2. The summed E-state index contributed by atoms with van der Waals surface area (Å²) in [6.07, 6.45) is 4.03. The van der Waals surface area contributed by atoms with Crippen molar-refractivity contribution in [3.63, 3.8) is 0 Å². The summed E-state index contributed by atoms with van der Waals surface area (Å²) >= 11 is 0. The van der Waals surface area contributed by atoms with Crippen LogP contribution in [-0.4, -0.2) is 5.97 Å². The molecule has 0 fully saturated rings. The smallest absolute Gasteiger partial charge is 0.307 e. The molecule has 0 aliphatic heterocycles. The molecule has 68 valence electrons. The molecule has 1 aromatic rings. The number of esters is 1. The predicted octanol–water partition coefficient (Wildman–Crippen LogP) is 2.31. The number of carbonyl (C=O) groups is 1. The van der Waals surface area contributed by atoms with Gasteiger partial charge in [0, 0.05) is 6.92 Å². The van der Waals surface area contributed by atoms with E-state index in [-0.39, 0.29) is 5.97 Å². The Hall–Kier alpha value is -1.57. The standard InChI is InChI=1S/C11H12O2/c1-10(12)13-9-5-8-11-6-3-2-4-7-11/h2-7,9H,8H2,1H3. The van der Waals surface area contributed by atoms with Gasteiger partial charge in [0.1, 0.15) is 0 Å². The zero-order valence-corrected chi connectivity index (χ0v) is 7.57. The van der Waals surface area contributed by atoms with Gasteiger partial charge >= 0.3 is 5.97 Å². The molecule has 2 nitrogen and oxygen atoms in total. The van der Waals surface area contributed by atoms with E-state index in [4.69, 9.17) is 0 Å². The lowest BCUT2D eigenvalue weighted by molar-refractivity contribution is -0.135. The maximum Gasteiger partial charge on any atom is 0.307 e. The number of hydrogen-bond acceptors (Lipinski definition) is 2. The molecule has 0 aliphatic rings. The molecule has 1 rings (SSSR count). The van der Waals surface area contributed by atoms with Crippen molar-refractivity contribution in [3.05, 3.63) is 48.2 Å². The molecule has 0 saturated heterocycles. The molecule has 0 heterocycles. The van der Waals surface area contributed by atoms with E-state index in [1.807, 2.05) is 36.4 Å². The first kappa shape index (κ1) is 9.52. The van der Waals surface area contributed by atoms with Crippen molar-refractivity contribution in [2.45, 2.75) is 13.3 Å². The summed E-state index contributed by atoms with van der Waals surface area (Å²) in [5, 5.41) is 0. The van der Waals surface area contributed by atoms with Gasteiger partial charge in [-0.05, 0) is 18.1 Å². The Bertz CT molecular complexity index is 288. The Labute approximate surface area is 77.8 Å². The van der Waals surface area contributed by atoms with Crippen LogP contribution in [0, 0.1) is 0 Å². The summed E-state index contributed by atoms with van der Waals surface area (Å²) in [7, 11) is 0. The zero-order valence-electron chi connectivity index (χ0n) is 7.57. The minimum absolute atomic E-state index is 0.288. The van der Waals surface area contributed by atoms with Crippen molar-refractivity contribution in [1.82, 2.24) is 0 Å². The highest BCUT2D eigenvalue weighted by atomic mass is 16.5. The van der Waals surface area contributed by atoms with Crippen LogP contribution >= 0.6 is 0 Å². The molecule has 0 spiro atoms. The molecule has 0 N–H and O–H groups in total. The van der Waals surface area contributed by atoms with Crippen molar-refractivity contribution in [3.8, 4) is 0 Å². The van der Waals surface area contributed by atoms with E-state index in [0.717, 1.165) is 6.42 Å². The SMILES string of the molecule is CC(=O)OC=CCc1ccccc1. The number of allylic oxidation sites excluding steroid dienone is 1. The van der Waals surface area contributed by atoms with E-state index in [9.17, 15) is 4.79 Å². The van der Waals surface area contributed by atoms with Crippen LogP contribution in [0.1, 0.15) is 12.5 Å². The number of rotatable bonds is 3. The Morgan fingerprint density at radius 2 is 2.08 bits per heavy atom. The molecule has 1 aromatic carbocycles. The molecule has 0 saturated carbocycles. The number of ether oxygens (including phenoxy) is 1. The molecule has 0 aliphatic carbocycles. The minimum Gasteiger partial charge on any atom is -0.435 e. The van der Waals surface area contributed by atoms with Crippen LogP contribution in [0.25, 0.3) is 0 Å². The van der Waals surface area contributed by atoms with Gasteiger partial charge in [0.25, 0.3) is 0 Å². The van der Waals surface area contributed by atoms with Gasteiger partial charge < -0.3 is 4.74 Å². The minimum atomic E-state index is -0.288. The van der Waals surface area contributed by atoms with Crippen LogP contribution in [0.5, 0.6) is 0 Å². The molecule has 0 aromatic heterocycles. The summed E-state index contributed by atoms with van der Waals surface area (Å²) in [4.78, 5) is 10.4. The lowest BCUT2D eigenvalue weighted by Crippen LogP contribution is -1.89. The summed E-state index contributed by atoms with van der Waals surface area (Å²) < 4.78 is 4.64. The topological polar surface area (TPSA) is 26.3 Å². The first-order valence-corrected chi connectivity index (χ1v) is 4.15. The van der Waals surface area contributed by atoms with Crippen molar-refractivity contribution >= 4 is 5.97 Å². The van der Waals surface area contributed by atoms with Crippen LogP contribution in [-0.2, 0) is 16.0 Å². The van der Waals surface area contributed by atoms with E-state index in [2.05, 4.69) is 4.74 Å². The fourth-order valence-electron chi connectivity index (χ4n) is 0.942. The zero-order chi connectivity index (χ0) is 9.52. The summed E-state index contributed by atoms with van der Waals surface area (Å²) in [5.74, 6) is -0.288. The Morgan fingerprint density at radius 1 is 1.38 bits per heavy atom. The highest BCUT2D eigenvalue weighted by Crippen LogP contribution is 1.99. The fourth-order valence-corrected chi connectivity index (χ4v) is 0.942. The Kier molecular flexibility index (Phi) is 3.76. The van der Waals surface area contributed by atoms with Gasteiger partial charge in [-0.15, -0.1) is 0 Å². The van der Waals surface area contributed by atoms with E-state index < -0.39 is 0 Å². The normalized spacial score (nSPS) is 10.2. The largest absolute Gasteiger partial charge is 0.435 e. The van der Waals surface area contributed by atoms with Crippen LogP contribution in [0.2, 0.25) is 0 Å². The van der Waals surface area contributed by atoms with Gasteiger partial charge in [-0.1, -0.05) is 30.3 Å². The van der Waals surface area contributed by atoms with Crippen LogP contribution in [0.15, 0.2) is 42.7 Å². The van der Waals surface area contributed by atoms with Crippen molar-refractivity contribution in [1.29, 1.82) is 0 Å². The average Bonchev–Trinajstić information content (AvgIpc) is 2.14. The third-order valence-electron chi connectivity index (χ3n) is 1.53. The van der Waals surface area contributed by atoms with E-state index in [1.54, 1.807) is 0 Å². The average molecular weight is 176 g/mol. The van der Waals surface area contributed by atoms with Crippen LogP contribution in [0.3, 0.4) is 0 Å². The maximum absolute atomic E-state index is 10.4. The first-order valence-electron chi connectivity index (χ1n) is 4.15. The van der Waals surface area contributed by atoms with Gasteiger partial charge in [0.2, 0.25) is 0 Å². The lowest BCUT2D eigenvalue weighted by Gasteiger charge is -1.94. The van der Waals surface area contributed by atoms with Crippen molar-refractivity contribution in [2.24, 2.45) is 0 Å². The van der Waals surface area contributed by atoms with Crippen molar-refractivity contribution in [2.75, 3.05) is 0 Å². The monoisotopic (exact) mass is 176 g/mol. The van der Waals surface area contributed by atoms with Gasteiger partial charge in [-0.3, -0.25) is 4.79 Å². The quantitative estimate of drug-likeness (QED) is 0.521. The molecule has 2 heteroatoms. The second-order valence-corrected chi connectivity index (χ2v) is 2.67. The number of hydrogen-bond donors (Lipinski definition) is 0. The molecule has 0 amide bonds. The molecular weight excluding hydrogens is 164 g/mol. The molecular formula is C11H12O2. The Balaban J connectivity index is 2.35. The van der Waals surface area contributed by atoms with Gasteiger partial charge in [0.05, 0.1) is 6.26 Å². The van der Waals surface area contributed by atoms with Gasteiger partial charge in [-0.2, -0.15) is 0 Å². The fraction of sp³-hybridized carbons (Fsp3) is 0.182. The summed E-state index contributed by atoms with van der Waals surface area (Å²) in [6.45, 7) is 1.38. The van der Waals surface area contributed by atoms with Gasteiger partial charge in [0.15, 0.2) is 0 Å². The third-order valence-corrected chi connectivity index (χ3v) is 1.53. The maximum atomic E-state index is 10.4. The number of benzene rings is 1.